The molecule has 3 rings (SSSR count). The summed E-state index contributed by atoms with van der Waals surface area (Å²) in [6.07, 6.45) is 4.08. The number of nitrogens with zero attached hydrogens (tertiary/aromatic N) is 1. The van der Waals surface area contributed by atoms with E-state index in [0.29, 0.717) is 0 Å². The predicted octanol–water partition coefficient (Wildman–Crippen LogP) is 3.26. The van der Waals surface area contributed by atoms with Crippen LogP contribution in [0, 0.1) is 0 Å². The Morgan fingerprint density at radius 2 is 2.18 bits per heavy atom. The van der Waals surface area contributed by atoms with E-state index >= 15 is 0 Å². The lowest BCUT2D eigenvalue weighted by Crippen LogP contribution is -2.34. The van der Waals surface area contributed by atoms with Crippen LogP contribution in [0.1, 0.15) is 24.1 Å². The van der Waals surface area contributed by atoms with E-state index in [2.05, 4.69) is 37.6 Å². The molecule has 2 aliphatic heterocycles. The van der Waals surface area contributed by atoms with Crippen LogP contribution in [-0.2, 0) is 6.54 Å². The Balaban J connectivity index is 0.00000108. The van der Waals surface area contributed by atoms with Gasteiger partial charge in [0.25, 0.3) is 0 Å². The van der Waals surface area contributed by atoms with E-state index in [1.165, 1.54) is 41.7 Å². The highest BCUT2D eigenvalue weighted by Gasteiger charge is 2.29. The van der Waals surface area contributed by atoms with Crippen molar-refractivity contribution in [2.45, 2.75) is 37.9 Å². The lowest BCUT2D eigenvalue weighted by atomic mass is 10.1. The molecule has 0 amide bonds. The number of nitrogens with one attached hydrogen (secondary N) is 1. The fourth-order valence-corrected chi connectivity index (χ4v) is 4.31. The van der Waals surface area contributed by atoms with Gasteiger partial charge < -0.3 is 5.32 Å². The zero-order valence-electron chi connectivity index (χ0n) is 9.69. The van der Waals surface area contributed by atoms with E-state index in [-0.39, 0.29) is 12.4 Å². The van der Waals surface area contributed by atoms with Crippen molar-refractivity contribution >= 4 is 39.7 Å². The average molecular weight is 338 g/mol. The lowest BCUT2D eigenvalue weighted by Gasteiger charge is -2.23. The molecule has 0 aromatic carbocycles. The first-order valence-electron chi connectivity index (χ1n) is 6.01. The molecule has 0 radical (unpaired) electrons. The van der Waals surface area contributed by atoms with Gasteiger partial charge in [-0.25, -0.2) is 0 Å². The quantitative estimate of drug-likeness (QED) is 0.891. The molecule has 2 aliphatic rings. The summed E-state index contributed by atoms with van der Waals surface area (Å²) in [6.45, 7) is 3.61. The molecule has 2 nitrogen and oxygen atoms in total. The maximum atomic E-state index is 3.73. The third kappa shape index (κ3) is 3.44. The summed E-state index contributed by atoms with van der Waals surface area (Å²) in [6, 6.07) is 3.79. The minimum absolute atomic E-state index is 0. The van der Waals surface area contributed by atoms with Crippen LogP contribution in [0.2, 0.25) is 0 Å². The number of fused-ring (bicyclic) bond motifs is 2. The van der Waals surface area contributed by atoms with Gasteiger partial charge in [0.05, 0.1) is 0 Å². The van der Waals surface area contributed by atoms with Crippen molar-refractivity contribution in [3.63, 3.8) is 0 Å². The molecule has 0 saturated carbocycles. The Labute approximate surface area is 121 Å². The zero-order chi connectivity index (χ0) is 11.0. The van der Waals surface area contributed by atoms with Crippen molar-refractivity contribution in [3.8, 4) is 0 Å². The normalized spacial score (nSPS) is 28.8. The molecule has 1 aromatic heterocycles. The summed E-state index contributed by atoms with van der Waals surface area (Å²) < 4.78 is 1.22. The lowest BCUT2D eigenvalue weighted by molar-refractivity contribution is 0.253. The summed E-state index contributed by atoms with van der Waals surface area (Å²) in [5.74, 6) is 0. The van der Waals surface area contributed by atoms with Crippen LogP contribution < -0.4 is 5.32 Å². The summed E-state index contributed by atoms with van der Waals surface area (Å²) in [7, 11) is 0. The second-order valence-electron chi connectivity index (χ2n) is 4.89. The number of rotatable bonds is 2. The van der Waals surface area contributed by atoms with Crippen molar-refractivity contribution in [2.75, 3.05) is 13.1 Å². The Bertz CT molecular complexity index is 371. The average Bonchev–Trinajstić information content (AvgIpc) is 2.77. The molecular weight excluding hydrogens is 320 g/mol. The molecule has 1 N–H and O–H groups in total. The highest BCUT2D eigenvalue weighted by Crippen LogP contribution is 2.24. The van der Waals surface area contributed by atoms with Crippen molar-refractivity contribution in [1.82, 2.24) is 10.2 Å². The van der Waals surface area contributed by atoms with Gasteiger partial charge in [-0.3, -0.25) is 4.90 Å². The van der Waals surface area contributed by atoms with E-state index < -0.39 is 0 Å². The Morgan fingerprint density at radius 3 is 2.94 bits per heavy atom. The fraction of sp³-hybridized carbons (Fsp3) is 0.667. The minimum atomic E-state index is 0. The third-order valence-corrected chi connectivity index (χ3v) is 5.29. The first-order valence-corrected chi connectivity index (χ1v) is 7.68. The smallest absolute Gasteiger partial charge is 0.0328 e. The van der Waals surface area contributed by atoms with E-state index in [0.717, 1.165) is 18.6 Å². The van der Waals surface area contributed by atoms with Crippen LogP contribution in [0.5, 0.6) is 0 Å². The highest BCUT2D eigenvalue weighted by atomic mass is 79.9. The van der Waals surface area contributed by atoms with Gasteiger partial charge in [0.2, 0.25) is 0 Å². The second-order valence-corrected chi connectivity index (χ2v) is 6.80. The maximum Gasteiger partial charge on any atom is 0.0328 e. The van der Waals surface area contributed by atoms with E-state index in [4.69, 9.17) is 0 Å². The Kier molecular flexibility index (Phi) is 4.89. The SMILES string of the molecule is Brc1csc(CN2CCC3CCC(C2)N3)c1.Cl. The van der Waals surface area contributed by atoms with Gasteiger partial charge >= 0.3 is 0 Å². The Morgan fingerprint density at radius 1 is 1.35 bits per heavy atom. The molecule has 2 atom stereocenters. The second kappa shape index (κ2) is 6.02. The molecule has 5 heteroatoms. The minimum Gasteiger partial charge on any atom is -0.310 e. The first-order chi connectivity index (χ1) is 7.79. The molecule has 2 bridgehead atoms. The monoisotopic (exact) mass is 336 g/mol. The summed E-state index contributed by atoms with van der Waals surface area (Å²) >= 11 is 5.39. The largest absolute Gasteiger partial charge is 0.310 e. The number of hydrogen-bond donors (Lipinski definition) is 1. The van der Waals surface area contributed by atoms with Crippen molar-refractivity contribution in [2.24, 2.45) is 0 Å². The molecule has 2 saturated heterocycles. The van der Waals surface area contributed by atoms with Gasteiger partial charge in [0, 0.05) is 46.4 Å². The molecule has 17 heavy (non-hydrogen) atoms. The van der Waals surface area contributed by atoms with Gasteiger partial charge in [0.15, 0.2) is 0 Å². The molecule has 3 heterocycles. The summed E-state index contributed by atoms with van der Waals surface area (Å²) in [4.78, 5) is 4.08. The van der Waals surface area contributed by atoms with E-state index in [9.17, 15) is 0 Å². The van der Waals surface area contributed by atoms with Crippen LogP contribution in [0.15, 0.2) is 15.9 Å². The highest BCUT2D eigenvalue weighted by molar-refractivity contribution is 9.10. The molecule has 96 valence electrons. The number of halogens is 2. The van der Waals surface area contributed by atoms with E-state index in [1.807, 2.05) is 11.3 Å². The van der Waals surface area contributed by atoms with Crippen molar-refractivity contribution in [1.29, 1.82) is 0 Å². The van der Waals surface area contributed by atoms with Crippen LogP contribution in [0.25, 0.3) is 0 Å². The molecule has 2 fully saturated rings. The zero-order valence-corrected chi connectivity index (χ0v) is 12.9. The fourth-order valence-electron chi connectivity index (χ4n) is 2.82. The van der Waals surface area contributed by atoms with Crippen molar-refractivity contribution < 1.29 is 0 Å². The van der Waals surface area contributed by atoms with Crippen LogP contribution in [-0.4, -0.2) is 30.1 Å². The van der Waals surface area contributed by atoms with Gasteiger partial charge in [0.1, 0.15) is 0 Å². The molecule has 0 spiro atoms. The van der Waals surface area contributed by atoms with Crippen LogP contribution in [0.3, 0.4) is 0 Å². The summed E-state index contributed by atoms with van der Waals surface area (Å²) in [5.41, 5.74) is 0. The van der Waals surface area contributed by atoms with Gasteiger partial charge in [-0.05, 0) is 41.3 Å². The maximum absolute atomic E-state index is 3.73. The van der Waals surface area contributed by atoms with Crippen molar-refractivity contribution in [3.05, 3.63) is 20.8 Å². The van der Waals surface area contributed by atoms with Gasteiger partial charge in [-0.15, -0.1) is 23.7 Å². The topological polar surface area (TPSA) is 15.3 Å². The molecule has 0 aliphatic carbocycles. The molecule has 2 unspecified atom stereocenters. The predicted molar refractivity (Wildman–Crippen MR) is 79.1 cm³/mol. The van der Waals surface area contributed by atoms with E-state index in [1.54, 1.807) is 0 Å². The van der Waals surface area contributed by atoms with Crippen LogP contribution >= 0.6 is 39.7 Å². The van der Waals surface area contributed by atoms with Crippen LogP contribution in [0.4, 0.5) is 0 Å². The standard InChI is InChI=1S/C12H17BrN2S.ClH/c13-9-5-12(16-8-9)7-15-4-3-10-1-2-11(6-15)14-10;/h5,8,10-11,14H,1-4,6-7H2;1H. The summed E-state index contributed by atoms with van der Waals surface area (Å²) in [5, 5.41) is 5.90. The third-order valence-electron chi connectivity index (χ3n) is 3.61. The Hall–Kier alpha value is 0.390. The number of hydrogen-bond acceptors (Lipinski definition) is 3. The number of likely N-dealkylation sites (tertiary alicyclic amines) is 1. The molecule has 1 aromatic rings. The van der Waals surface area contributed by atoms with Gasteiger partial charge in [-0.2, -0.15) is 0 Å². The first kappa shape index (κ1) is 13.8. The molecular formula is C12H18BrClN2S. The number of thiophene rings is 1. The van der Waals surface area contributed by atoms with Gasteiger partial charge in [-0.1, -0.05) is 0 Å².